The van der Waals surface area contributed by atoms with Crippen molar-refractivity contribution in [1.82, 2.24) is 5.32 Å². The Balaban J connectivity index is 1.56. The number of ether oxygens (including phenoxy) is 2. The van der Waals surface area contributed by atoms with E-state index in [9.17, 15) is 9.59 Å². The van der Waals surface area contributed by atoms with Crippen molar-refractivity contribution in [3.8, 4) is 5.75 Å². The smallest absolute Gasteiger partial charge is 0.306 e. The van der Waals surface area contributed by atoms with Gasteiger partial charge < -0.3 is 14.8 Å². The Morgan fingerprint density at radius 3 is 2.80 bits per heavy atom. The molecule has 2 atom stereocenters. The lowest BCUT2D eigenvalue weighted by Crippen LogP contribution is -2.42. The van der Waals surface area contributed by atoms with Crippen molar-refractivity contribution >= 4 is 11.9 Å². The summed E-state index contributed by atoms with van der Waals surface area (Å²) in [5.74, 6) is 0.726. The topological polar surface area (TPSA) is 64.6 Å². The van der Waals surface area contributed by atoms with Crippen molar-refractivity contribution in [3.63, 3.8) is 0 Å². The van der Waals surface area contributed by atoms with Gasteiger partial charge in [0.05, 0.1) is 6.61 Å². The van der Waals surface area contributed by atoms with Gasteiger partial charge in [-0.3, -0.25) is 9.59 Å². The van der Waals surface area contributed by atoms with Crippen LogP contribution in [0, 0.1) is 12.8 Å². The molecule has 25 heavy (non-hydrogen) atoms. The maximum absolute atomic E-state index is 11.9. The largest absolute Gasteiger partial charge is 0.494 e. The van der Waals surface area contributed by atoms with Gasteiger partial charge in [0.2, 0.25) is 0 Å². The second kappa shape index (κ2) is 10.1. The van der Waals surface area contributed by atoms with Gasteiger partial charge in [-0.25, -0.2) is 0 Å². The summed E-state index contributed by atoms with van der Waals surface area (Å²) in [6, 6.07) is 7.99. The Morgan fingerprint density at radius 2 is 2.04 bits per heavy atom. The number of hydrogen-bond acceptors (Lipinski definition) is 4. The lowest BCUT2D eigenvalue weighted by molar-refractivity contribution is -0.149. The van der Waals surface area contributed by atoms with Crippen molar-refractivity contribution in [3.05, 3.63) is 29.8 Å². The molecule has 1 saturated carbocycles. The number of hydrogen-bond donors (Lipinski definition) is 1. The molecule has 1 fully saturated rings. The maximum Gasteiger partial charge on any atom is 0.306 e. The van der Waals surface area contributed by atoms with Crippen molar-refractivity contribution in [2.75, 3.05) is 13.2 Å². The average Bonchev–Trinajstić information content (AvgIpc) is 2.59. The number of aryl methyl sites for hydroxylation is 1. The fourth-order valence-electron chi connectivity index (χ4n) is 3.11. The third-order valence-electron chi connectivity index (χ3n) is 4.61. The molecule has 0 radical (unpaired) electrons. The van der Waals surface area contributed by atoms with Gasteiger partial charge in [-0.1, -0.05) is 31.9 Å². The first-order valence-electron chi connectivity index (χ1n) is 9.19. The Bertz CT molecular complexity index is 573. The van der Waals surface area contributed by atoms with Crippen LogP contribution in [0.3, 0.4) is 0 Å². The minimum Gasteiger partial charge on any atom is -0.494 e. The van der Waals surface area contributed by atoms with Crippen LogP contribution in [0.4, 0.5) is 0 Å². The van der Waals surface area contributed by atoms with E-state index < -0.39 is 0 Å². The van der Waals surface area contributed by atoms with Crippen molar-refractivity contribution < 1.29 is 19.1 Å². The number of amides is 1. The Labute approximate surface area is 150 Å². The number of rotatable bonds is 8. The van der Waals surface area contributed by atoms with E-state index >= 15 is 0 Å². The maximum atomic E-state index is 11.9. The fraction of sp³-hybridized carbons (Fsp3) is 0.600. The summed E-state index contributed by atoms with van der Waals surface area (Å²) in [6.45, 7) is 4.42. The summed E-state index contributed by atoms with van der Waals surface area (Å²) in [5.41, 5.74) is 1.13. The summed E-state index contributed by atoms with van der Waals surface area (Å²) < 4.78 is 10.6. The SMILES string of the molecule is Cc1cccc(OCCCC(=O)OCC(=O)N[C@H]2CCCC[C@H]2C)c1. The third-order valence-corrected chi connectivity index (χ3v) is 4.61. The van der Waals surface area contributed by atoms with E-state index in [1.54, 1.807) is 0 Å². The zero-order valence-corrected chi connectivity index (χ0v) is 15.3. The van der Waals surface area contributed by atoms with E-state index in [1.165, 1.54) is 6.42 Å². The van der Waals surface area contributed by atoms with E-state index in [1.807, 2.05) is 31.2 Å². The van der Waals surface area contributed by atoms with Gasteiger partial charge >= 0.3 is 5.97 Å². The summed E-state index contributed by atoms with van der Waals surface area (Å²) in [5, 5.41) is 2.98. The van der Waals surface area contributed by atoms with Crippen LogP contribution in [-0.4, -0.2) is 31.1 Å². The van der Waals surface area contributed by atoms with Gasteiger partial charge in [0.25, 0.3) is 5.91 Å². The highest BCUT2D eigenvalue weighted by Gasteiger charge is 2.23. The van der Waals surface area contributed by atoms with Crippen LogP contribution in [0.5, 0.6) is 5.75 Å². The number of carbonyl (C=O) groups excluding carboxylic acids is 2. The molecule has 0 spiro atoms. The number of esters is 1. The van der Waals surface area contributed by atoms with Crippen LogP contribution < -0.4 is 10.1 Å². The van der Waals surface area contributed by atoms with Crippen molar-refractivity contribution in [1.29, 1.82) is 0 Å². The predicted molar refractivity (Wildman–Crippen MR) is 96.4 cm³/mol. The molecular formula is C20H29NO4. The molecule has 1 N–H and O–H groups in total. The van der Waals surface area contributed by atoms with E-state index in [0.717, 1.165) is 30.6 Å². The number of nitrogens with one attached hydrogen (secondary N) is 1. The van der Waals surface area contributed by atoms with Gasteiger partial charge in [0, 0.05) is 12.5 Å². The second-order valence-electron chi connectivity index (χ2n) is 6.86. The van der Waals surface area contributed by atoms with Crippen LogP contribution in [0.15, 0.2) is 24.3 Å². The Kier molecular flexibility index (Phi) is 7.76. The molecule has 1 amide bonds. The lowest BCUT2D eigenvalue weighted by Gasteiger charge is -2.29. The second-order valence-corrected chi connectivity index (χ2v) is 6.86. The van der Waals surface area contributed by atoms with Crippen LogP contribution >= 0.6 is 0 Å². The minimum absolute atomic E-state index is 0.194. The van der Waals surface area contributed by atoms with E-state index in [0.29, 0.717) is 18.9 Å². The summed E-state index contributed by atoms with van der Waals surface area (Å²) in [7, 11) is 0. The molecule has 1 aromatic carbocycles. The normalized spacial score (nSPS) is 19.9. The van der Waals surface area contributed by atoms with Crippen LogP contribution in [0.2, 0.25) is 0 Å². The molecular weight excluding hydrogens is 318 g/mol. The van der Waals surface area contributed by atoms with Gasteiger partial charge in [-0.05, 0) is 49.8 Å². The summed E-state index contributed by atoms with van der Waals surface area (Å²) >= 11 is 0. The third kappa shape index (κ3) is 7.16. The molecule has 1 aliphatic carbocycles. The summed E-state index contributed by atoms with van der Waals surface area (Å²) in [4.78, 5) is 23.6. The molecule has 0 saturated heterocycles. The summed E-state index contributed by atoms with van der Waals surface area (Å²) in [6.07, 6.45) is 5.35. The molecule has 0 unspecified atom stereocenters. The molecule has 0 heterocycles. The van der Waals surface area contributed by atoms with Gasteiger partial charge in [-0.15, -0.1) is 0 Å². The van der Waals surface area contributed by atoms with Gasteiger partial charge in [0.1, 0.15) is 5.75 Å². The Morgan fingerprint density at radius 1 is 1.24 bits per heavy atom. The van der Waals surface area contributed by atoms with Crippen molar-refractivity contribution in [2.24, 2.45) is 5.92 Å². The Hall–Kier alpha value is -2.04. The average molecular weight is 347 g/mol. The van der Waals surface area contributed by atoms with E-state index in [4.69, 9.17) is 9.47 Å². The van der Waals surface area contributed by atoms with Gasteiger partial charge in [0.15, 0.2) is 6.61 Å². The number of carbonyl (C=O) groups is 2. The standard InChI is InChI=1S/C20H29NO4/c1-15-7-5-9-17(13-15)24-12-6-11-20(23)25-14-19(22)21-18-10-4-3-8-16(18)2/h5,7,9,13,16,18H,3-4,6,8,10-12,14H2,1-2H3,(H,21,22)/t16-,18+/m1/s1. The molecule has 138 valence electrons. The molecule has 0 aromatic heterocycles. The van der Waals surface area contributed by atoms with Gasteiger partial charge in [-0.2, -0.15) is 0 Å². The highest BCUT2D eigenvalue weighted by molar-refractivity contribution is 5.80. The highest BCUT2D eigenvalue weighted by Crippen LogP contribution is 2.23. The lowest BCUT2D eigenvalue weighted by atomic mass is 9.86. The van der Waals surface area contributed by atoms with Crippen LogP contribution in [-0.2, 0) is 14.3 Å². The first-order valence-corrected chi connectivity index (χ1v) is 9.19. The van der Waals surface area contributed by atoms with E-state index in [-0.39, 0.29) is 30.9 Å². The number of benzene rings is 1. The van der Waals surface area contributed by atoms with Crippen LogP contribution in [0.25, 0.3) is 0 Å². The molecule has 1 aliphatic rings. The van der Waals surface area contributed by atoms with Crippen LogP contribution in [0.1, 0.15) is 51.0 Å². The minimum atomic E-state index is -0.361. The molecule has 2 rings (SSSR count). The first-order chi connectivity index (χ1) is 12.0. The zero-order chi connectivity index (χ0) is 18.1. The fourth-order valence-corrected chi connectivity index (χ4v) is 3.11. The van der Waals surface area contributed by atoms with Crippen molar-refractivity contribution in [2.45, 2.75) is 58.4 Å². The predicted octanol–water partition coefficient (Wildman–Crippen LogP) is 3.39. The monoisotopic (exact) mass is 347 g/mol. The molecule has 5 nitrogen and oxygen atoms in total. The molecule has 1 aromatic rings. The highest BCUT2D eigenvalue weighted by atomic mass is 16.5. The molecule has 5 heteroatoms. The molecule has 0 aliphatic heterocycles. The quantitative estimate of drug-likeness (QED) is 0.578. The molecule has 0 bridgehead atoms. The van der Waals surface area contributed by atoms with E-state index in [2.05, 4.69) is 12.2 Å². The first kappa shape index (κ1) is 19.3. The zero-order valence-electron chi connectivity index (χ0n) is 15.3.